The van der Waals surface area contributed by atoms with Crippen molar-refractivity contribution in [3.8, 4) is 22.5 Å². The quantitative estimate of drug-likeness (QED) is 0.356. The van der Waals surface area contributed by atoms with E-state index in [-0.39, 0.29) is 17.7 Å². The van der Waals surface area contributed by atoms with E-state index in [4.69, 9.17) is 9.97 Å². The molecule has 1 fully saturated rings. The van der Waals surface area contributed by atoms with Crippen molar-refractivity contribution < 1.29 is 13.6 Å². The summed E-state index contributed by atoms with van der Waals surface area (Å²) in [7, 11) is 0. The molecule has 6 nitrogen and oxygen atoms in total. The van der Waals surface area contributed by atoms with Gasteiger partial charge in [0.2, 0.25) is 0 Å². The lowest BCUT2D eigenvalue weighted by Crippen LogP contribution is -2.41. The molecule has 0 bridgehead atoms. The van der Waals surface area contributed by atoms with Crippen LogP contribution in [0.15, 0.2) is 66.7 Å². The number of halogens is 2. The van der Waals surface area contributed by atoms with Gasteiger partial charge in [0.15, 0.2) is 0 Å². The highest BCUT2D eigenvalue weighted by atomic mass is 19.1. The molecule has 0 spiro atoms. The fourth-order valence-electron chi connectivity index (χ4n) is 4.41. The van der Waals surface area contributed by atoms with Crippen molar-refractivity contribution in [2.45, 2.75) is 19.4 Å². The third-order valence-electron chi connectivity index (χ3n) is 6.37. The monoisotopic (exact) mass is 487 g/mol. The molecule has 1 aromatic heterocycles. The summed E-state index contributed by atoms with van der Waals surface area (Å²) in [5.41, 5.74) is 4.75. The van der Waals surface area contributed by atoms with Gasteiger partial charge in [0.25, 0.3) is 0 Å². The first-order valence-corrected chi connectivity index (χ1v) is 12.1. The first kappa shape index (κ1) is 23.8. The number of hydrogen-bond donors (Lipinski definition) is 3. The van der Waals surface area contributed by atoms with Crippen molar-refractivity contribution in [1.82, 2.24) is 25.9 Å². The summed E-state index contributed by atoms with van der Waals surface area (Å²) in [5.74, 6) is -0.227. The first-order chi connectivity index (χ1) is 17.5. The average molecular weight is 488 g/mol. The molecule has 36 heavy (non-hydrogen) atoms. The third kappa shape index (κ3) is 5.66. The maximum Gasteiger partial charge on any atom is 0.315 e. The summed E-state index contributed by atoms with van der Waals surface area (Å²) in [6.07, 6.45) is 2.25. The molecule has 1 atom stereocenters. The Morgan fingerprint density at radius 1 is 0.861 bits per heavy atom. The predicted octanol–water partition coefficient (Wildman–Crippen LogP) is 5.04. The van der Waals surface area contributed by atoms with E-state index < -0.39 is 0 Å². The fourth-order valence-corrected chi connectivity index (χ4v) is 4.41. The van der Waals surface area contributed by atoms with Gasteiger partial charge in [-0.25, -0.2) is 23.5 Å². The number of fused-ring (bicyclic) bond motifs is 1. The SMILES string of the molecule is O=C(NCc1ccc2nc(-c3ccc(F)cc3)c(-c3ccc(F)cc3)nc2c1)NC[C@H]1CCCNC1. The minimum atomic E-state index is -0.345. The molecule has 4 aromatic rings. The summed E-state index contributed by atoms with van der Waals surface area (Å²) in [6.45, 7) is 2.97. The van der Waals surface area contributed by atoms with E-state index in [9.17, 15) is 13.6 Å². The molecule has 0 aliphatic carbocycles. The zero-order chi connectivity index (χ0) is 24.9. The Kier molecular flexibility index (Phi) is 7.13. The highest BCUT2D eigenvalue weighted by Gasteiger charge is 2.15. The maximum absolute atomic E-state index is 13.6. The molecule has 1 aliphatic rings. The minimum Gasteiger partial charge on any atom is -0.338 e. The number of aromatic nitrogens is 2. The van der Waals surface area contributed by atoms with Gasteiger partial charge in [0.1, 0.15) is 11.6 Å². The van der Waals surface area contributed by atoms with E-state index in [1.54, 1.807) is 24.3 Å². The summed E-state index contributed by atoms with van der Waals surface area (Å²) < 4.78 is 27.1. The molecular formula is C28H27F2N5O. The van der Waals surface area contributed by atoms with Crippen molar-refractivity contribution >= 4 is 17.1 Å². The smallest absolute Gasteiger partial charge is 0.315 e. The maximum atomic E-state index is 13.6. The molecule has 8 heteroatoms. The number of nitrogens with one attached hydrogen (secondary N) is 3. The number of urea groups is 1. The lowest BCUT2D eigenvalue weighted by Gasteiger charge is -2.22. The van der Waals surface area contributed by atoms with Gasteiger partial charge in [0.05, 0.1) is 22.4 Å². The molecule has 3 N–H and O–H groups in total. The number of piperidine rings is 1. The van der Waals surface area contributed by atoms with Crippen LogP contribution in [0, 0.1) is 17.6 Å². The fraction of sp³-hybridized carbons (Fsp3) is 0.250. The van der Waals surface area contributed by atoms with Crippen LogP contribution in [0.3, 0.4) is 0 Å². The van der Waals surface area contributed by atoms with E-state index in [1.165, 1.54) is 24.3 Å². The second-order valence-electron chi connectivity index (χ2n) is 9.03. The Morgan fingerprint density at radius 2 is 1.50 bits per heavy atom. The summed E-state index contributed by atoms with van der Waals surface area (Å²) in [6, 6.07) is 17.5. The molecule has 3 aromatic carbocycles. The van der Waals surface area contributed by atoms with Gasteiger partial charge >= 0.3 is 6.03 Å². The van der Waals surface area contributed by atoms with Crippen LogP contribution in [0.25, 0.3) is 33.5 Å². The number of carbonyl (C=O) groups excluding carboxylic acids is 1. The second-order valence-corrected chi connectivity index (χ2v) is 9.03. The molecule has 184 valence electrons. The Balaban J connectivity index is 1.38. The van der Waals surface area contributed by atoms with E-state index in [0.29, 0.717) is 52.6 Å². The second kappa shape index (κ2) is 10.8. The van der Waals surface area contributed by atoms with Gasteiger partial charge in [-0.15, -0.1) is 0 Å². The minimum absolute atomic E-state index is 0.203. The largest absolute Gasteiger partial charge is 0.338 e. The van der Waals surface area contributed by atoms with Crippen molar-refractivity contribution in [3.05, 3.63) is 83.9 Å². The van der Waals surface area contributed by atoms with Crippen molar-refractivity contribution in [1.29, 1.82) is 0 Å². The third-order valence-corrected chi connectivity index (χ3v) is 6.37. The van der Waals surface area contributed by atoms with Crippen LogP contribution in [0.1, 0.15) is 18.4 Å². The average Bonchev–Trinajstić information content (AvgIpc) is 2.91. The van der Waals surface area contributed by atoms with Crippen molar-refractivity contribution in [2.75, 3.05) is 19.6 Å². The molecule has 0 saturated carbocycles. The number of amides is 2. The van der Waals surface area contributed by atoms with Crippen LogP contribution >= 0.6 is 0 Å². The topological polar surface area (TPSA) is 78.9 Å². The van der Waals surface area contributed by atoms with E-state index in [2.05, 4.69) is 16.0 Å². The van der Waals surface area contributed by atoms with Crippen LogP contribution in [0.4, 0.5) is 13.6 Å². The lowest BCUT2D eigenvalue weighted by molar-refractivity contribution is 0.236. The number of carbonyl (C=O) groups is 1. The molecule has 2 heterocycles. The van der Waals surface area contributed by atoms with Gasteiger partial charge in [-0.1, -0.05) is 6.07 Å². The zero-order valence-electron chi connectivity index (χ0n) is 19.7. The van der Waals surface area contributed by atoms with Crippen LogP contribution in [0.5, 0.6) is 0 Å². The first-order valence-electron chi connectivity index (χ1n) is 12.1. The van der Waals surface area contributed by atoms with E-state index in [1.807, 2.05) is 18.2 Å². The van der Waals surface area contributed by atoms with Crippen LogP contribution in [-0.4, -0.2) is 35.6 Å². The normalized spacial score (nSPS) is 15.6. The molecule has 5 rings (SSSR count). The van der Waals surface area contributed by atoms with Gasteiger partial charge in [0, 0.05) is 24.2 Å². The Morgan fingerprint density at radius 3 is 2.11 bits per heavy atom. The summed E-state index contributed by atoms with van der Waals surface area (Å²) in [4.78, 5) is 21.9. The van der Waals surface area contributed by atoms with Gasteiger partial charge < -0.3 is 16.0 Å². The molecular weight excluding hydrogens is 460 g/mol. The highest BCUT2D eigenvalue weighted by Crippen LogP contribution is 2.31. The van der Waals surface area contributed by atoms with Crippen molar-refractivity contribution in [3.63, 3.8) is 0 Å². The van der Waals surface area contributed by atoms with Crippen LogP contribution in [-0.2, 0) is 6.54 Å². The summed E-state index contributed by atoms with van der Waals surface area (Å²) in [5, 5.41) is 9.20. The Bertz CT molecular complexity index is 1350. The molecule has 0 radical (unpaired) electrons. The van der Waals surface area contributed by atoms with E-state index >= 15 is 0 Å². The summed E-state index contributed by atoms with van der Waals surface area (Å²) >= 11 is 0. The van der Waals surface area contributed by atoms with E-state index in [0.717, 1.165) is 31.5 Å². The van der Waals surface area contributed by atoms with Gasteiger partial charge in [-0.3, -0.25) is 0 Å². The highest BCUT2D eigenvalue weighted by molar-refractivity contribution is 5.86. The predicted molar refractivity (Wildman–Crippen MR) is 136 cm³/mol. The number of benzene rings is 3. The molecule has 0 unspecified atom stereocenters. The molecule has 1 aliphatic heterocycles. The standard InChI is InChI=1S/C28H27F2N5O/c29-22-8-4-20(5-9-22)26-27(21-6-10-23(30)11-7-21)35-25-14-18(3-12-24(25)34-26)16-32-28(36)33-17-19-2-1-13-31-15-19/h3-12,14,19,31H,1-2,13,15-17H2,(H2,32,33,36)/t19-/m0/s1. The van der Waals surface area contributed by atoms with Crippen molar-refractivity contribution in [2.24, 2.45) is 5.92 Å². The van der Waals surface area contributed by atoms with Crippen LogP contribution < -0.4 is 16.0 Å². The Hall–Kier alpha value is -3.91. The molecule has 2 amide bonds. The molecule has 1 saturated heterocycles. The van der Waals surface area contributed by atoms with Crippen LogP contribution in [0.2, 0.25) is 0 Å². The Labute approximate surface area is 208 Å². The number of hydrogen-bond acceptors (Lipinski definition) is 4. The zero-order valence-corrected chi connectivity index (χ0v) is 19.7. The number of rotatable bonds is 6. The van der Waals surface area contributed by atoms with Gasteiger partial charge in [-0.2, -0.15) is 0 Å². The van der Waals surface area contributed by atoms with Gasteiger partial charge in [-0.05, 0) is 98.1 Å². The number of nitrogens with zero attached hydrogens (tertiary/aromatic N) is 2. The lowest BCUT2D eigenvalue weighted by atomic mass is 10.00.